The van der Waals surface area contributed by atoms with E-state index in [9.17, 15) is 9.50 Å². The second-order valence-electron chi connectivity index (χ2n) is 5.72. The molecule has 0 aliphatic carbocycles. The number of nitrogens with zero attached hydrogens (tertiary/aromatic N) is 1. The van der Waals surface area contributed by atoms with E-state index in [1.807, 2.05) is 71.5 Å². The maximum absolute atomic E-state index is 13.1. The van der Waals surface area contributed by atoms with Gasteiger partial charge in [0, 0.05) is 24.2 Å². The van der Waals surface area contributed by atoms with Crippen molar-refractivity contribution in [1.82, 2.24) is 4.57 Å². The highest BCUT2D eigenvalue weighted by Gasteiger charge is 2.14. The Morgan fingerprint density at radius 2 is 1.43 bits per heavy atom. The molecule has 0 bridgehead atoms. The fourth-order valence-electron chi connectivity index (χ4n) is 2.63. The molecule has 0 atom stereocenters. The molecule has 0 fully saturated rings. The Morgan fingerprint density at radius 1 is 0.933 bits per heavy atom. The van der Waals surface area contributed by atoms with Gasteiger partial charge in [0.05, 0.1) is 19.2 Å². The Labute approximate surface area is 183 Å². The van der Waals surface area contributed by atoms with Crippen molar-refractivity contribution in [2.45, 2.75) is 68.4 Å². The fraction of sp³-hybridized carbons (Fsp3) is 0.462. The monoisotopic (exact) mass is 419 g/mol. The van der Waals surface area contributed by atoms with Gasteiger partial charge in [0.25, 0.3) is 0 Å². The molecule has 0 saturated heterocycles. The maximum atomic E-state index is 13.1. The summed E-state index contributed by atoms with van der Waals surface area (Å²) in [4.78, 5) is 0. The van der Waals surface area contributed by atoms with E-state index in [0.29, 0.717) is 5.75 Å². The lowest BCUT2D eigenvalue weighted by atomic mass is 10.0. The third-order valence-corrected chi connectivity index (χ3v) is 3.67. The first-order valence-electron chi connectivity index (χ1n) is 11.1. The van der Waals surface area contributed by atoms with Crippen molar-refractivity contribution in [1.29, 1.82) is 0 Å². The molecule has 3 nitrogen and oxygen atoms in total. The first-order chi connectivity index (χ1) is 14.5. The maximum Gasteiger partial charge on any atom is 0.129 e. The van der Waals surface area contributed by atoms with Gasteiger partial charge < -0.3 is 14.4 Å². The number of aryl methyl sites for hydroxylation is 1. The van der Waals surface area contributed by atoms with Crippen LogP contribution < -0.4 is 4.74 Å². The van der Waals surface area contributed by atoms with Crippen LogP contribution in [0.3, 0.4) is 0 Å². The van der Waals surface area contributed by atoms with Gasteiger partial charge in [0.1, 0.15) is 11.6 Å². The van der Waals surface area contributed by atoms with Crippen LogP contribution in [0.15, 0.2) is 42.6 Å². The number of hydrogen-bond donors (Lipinski definition) is 1. The summed E-state index contributed by atoms with van der Waals surface area (Å²) in [7, 11) is 3.55. The van der Waals surface area contributed by atoms with E-state index in [2.05, 4.69) is 13.8 Å². The Balaban J connectivity index is 0. The Bertz CT molecular complexity index is 808. The third-order valence-electron chi connectivity index (χ3n) is 3.67. The zero-order valence-electron chi connectivity index (χ0n) is 20.6. The van der Waals surface area contributed by atoms with Crippen LogP contribution in [0.2, 0.25) is 0 Å². The number of aliphatic hydroxyl groups is 1. The van der Waals surface area contributed by atoms with Crippen molar-refractivity contribution in [2.75, 3.05) is 7.11 Å². The van der Waals surface area contributed by atoms with E-state index in [-0.39, 0.29) is 12.4 Å². The SMILES string of the molecule is CC.CC.CC.CCC.COc1cc(CO)cc2c1c(-c1ccc(F)cc1)cn2C. The molecule has 0 aliphatic heterocycles. The smallest absolute Gasteiger partial charge is 0.129 e. The number of benzene rings is 2. The van der Waals surface area contributed by atoms with Gasteiger partial charge in [0.15, 0.2) is 0 Å². The predicted octanol–water partition coefficient (Wildman–Crippen LogP) is 7.98. The van der Waals surface area contributed by atoms with E-state index in [1.54, 1.807) is 19.2 Å². The first-order valence-corrected chi connectivity index (χ1v) is 11.1. The summed E-state index contributed by atoms with van der Waals surface area (Å²) >= 11 is 0. The van der Waals surface area contributed by atoms with Gasteiger partial charge in [-0.2, -0.15) is 0 Å². The summed E-state index contributed by atoms with van der Waals surface area (Å²) in [6, 6.07) is 10.2. The lowest BCUT2D eigenvalue weighted by Gasteiger charge is -2.08. The van der Waals surface area contributed by atoms with Gasteiger partial charge in [-0.05, 0) is 35.4 Å². The van der Waals surface area contributed by atoms with E-state index in [4.69, 9.17) is 4.74 Å². The Morgan fingerprint density at radius 3 is 1.87 bits per heavy atom. The highest BCUT2D eigenvalue weighted by molar-refractivity contribution is 6.00. The second-order valence-corrected chi connectivity index (χ2v) is 5.72. The highest BCUT2D eigenvalue weighted by Crippen LogP contribution is 2.37. The molecule has 3 aromatic rings. The minimum absolute atomic E-state index is 0.0383. The van der Waals surface area contributed by atoms with Crippen molar-refractivity contribution in [3.8, 4) is 16.9 Å². The van der Waals surface area contributed by atoms with E-state index >= 15 is 0 Å². The zero-order valence-corrected chi connectivity index (χ0v) is 20.6. The molecule has 0 unspecified atom stereocenters. The van der Waals surface area contributed by atoms with E-state index < -0.39 is 0 Å². The Hall–Kier alpha value is -2.33. The fourth-order valence-corrected chi connectivity index (χ4v) is 2.63. The van der Waals surface area contributed by atoms with Crippen LogP contribution in [-0.2, 0) is 13.7 Å². The molecular weight excluding hydrogens is 377 g/mol. The van der Waals surface area contributed by atoms with Crippen LogP contribution in [0.1, 0.15) is 67.4 Å². The molecule has 0 radical (unpaired) electrons. The minimum Gasteiger partial charge on any atom is -0.496 e. The predicted molar refractivity (Wildman–Crippen MR) is 131 cm³/mol. The number of hydrogen-bond acceptors (Lipinski definition) is 2. The van der Waals surface area contributed by atoms with Gasteiger partial charge >= 0.3 is 0 Å². The highest BCUT2D eigenvalue weighted by atomic mass is 19.1. The molecule has 1 aromatic heterocycles. The summed E-state index contributed by atoms with van der Waals surface area (Å²) in [6.45, 7) is 16.2. The molecule has 3 rings (SSSR count). The summed E-state index contributed by atoms with van der Waals surface area (Å²) in [5.41, 5.74) is 3.68. The number of fused-ring (bicyclic) bond motifs is 1. The lowest BCUT2D eigenvalue weighted by molar-refractivity contribution is 0.281. The largest absolute Gasteiger partial charge is 0.496 e. The van der Waals surface area contributed by atoms with Crippen LogP contribution in [0.25, 0.3) is 22.0 Å². The van der Waals surface area contributed by atoms with Gasteiger partial charge in [-0.3, -0.25) is 0 Å². The van der Waals surface area contributed by atoms with Crippen LogP contribution in [0.4, 0.5) is 4.39 Å². The molecule has 30 heavy (non-hydrogen) atoms. The third kappa shape index (κ3) is 8.19. The molecule has 0 spiro atoms. The normalized spacial score (nSPS) is 8.93. The van der Waals surface area contributed by atoms with Crippen molar-refractivity contribution >= 4 is 10.9 Å². The number of rotatable bonds is 3. The average molecular weight is 420 g/mol. The summed E-state index contributed by atoms with van der Waals surface area (Å²) in [6.07, 6.45) is 3.24. The molecule has 2 aromatic carbocycles. The number of ether oxygens (including phenoxy) is 1. The summed E-state index contributed by atoms with van der Waals surface area (Å²) < 4.78 is 20.6. The molecule has 1 heterocycles. The molecule has 0 amide bonds. The number of aromatic nitrogens is 1. The Kier molecular flexibility index (Phi) is 17.4. The van der Waals surface area contributed by atoms with Gasteiger partial charge in [-0.1, -0.05) is 73.9 Å². The standard InChI is InChI=1S/C17H16FNO2.C3H8.3C2H6/c1-19-9-14(12-3-5-13(18)6-4-12)17-15(19)7-11(10-20)8-16(17)21-2;1-3-2;3*1-2/h3-9,20H,10H2,1-2H3;3H2,1-2H3;3*1-2H3. The van der Waals surface area contributed by atoms with Crippen molar-refractivity contribution < 1.29 is 14.2 Å². The molecule has 1 N–H and O–H groups in total. The lowest BCUT2D eigenvalue weighted by Crippen LogP contribution is -1.91. The number of halogens is 1. The topological polar surface area (TPSA) is 34.4 Å². The molecule has 4 heteroatoms. The summed E-state index contributed by atoms with van der Waals surface area (Å²) in [5, 5.41) is 10.3. The quantitative estimate of drug-likeness (QED) is 0.467. The van der Waals surface area contributed by atoms with E-state index in [0.717, 1.165) is 27.6 Å². The van der Waals surface area contributed by atoms with Crippen LogP contribution in [-0.4, -0.2) is 16.8 Å². The van der Waals surface area contributed by atoms with Crippen molar-refractivity contribution in [2.24, 2.45) is 7.05 Å². The number of methoxy groups -OCH3 is 1. The van der Waals surface area contributed by atoms with Gasteiger partial charge in [0.2, 0.25) is 0 Å². The second kappa shape index (κ2) is 17.5. The zero-order chi connectivity index (χ0) is 23.7. The summed E-state index contributed by atoms with van der Waals surface area (Å²) in [5.74, 6) is 0.449. The van der Waals surface area contributed by atoms with Crippen LogP contribution in [0.5, 0.6) is 5.75 Å². The van der Waals surface area contributed by atoms with E-state index in [1.165, 1.54) is 18.6 Å². The van der Waals surface area contributed by atoms with Crippen LogP contribution in [0, 0.1) is 5.82 Å². The van der Waals surface area contributed by atoms with Gasteiger partial charge in [-0.25, -0.2) is 4.39 Å². The molecule has 170 valence electrons. The average Bonchev–Trinajstić information content (AvgIpc) is 3.14. The number of aliphatic hydroxyl groups excluding tert-OH is 1. The van der Waals surface area contributed by atoms with Crippen molar-refractivity contribution in [3.63, 3.8) is 0 Å². The molecular formula is C26H42FNO2. The van der Waals surface area contributed by atoms with Gasteiger partial charge in [-0.15, -0.1) is 0 Å². The first kappa shape index (κ1) is 29.9. The molecule has 0 saturated carbocycles. The van der Waals surface area contributed by atoms with Crippen LogP contribution >= 0.6 is 0 Å². The van der Waals surface area contributed by atoms with Crippen molar-refractivity contribution in [3.05, 3.63) is 54.0 Å². The molecule has 0 aliphatic rings. The minimum atomic E-state index is -0.256.